The van der Waals surface area contributed by atoms with Crippen molar-refractivity contribution in [2.75, 3.05) is 13.7 Å². The summed E-state index contributed by atoms with van der Waals surface area (Å²) in [7, 11) is 1.65. The first-order valence-corrected chi connectivity index (χ1v) is 5.57. The van der Waals surface area contributed by atoms with Crippen LogP contribution >= 0.6 is 0 Å². The largest absolute Gasteiger partial charge is 0.497 e. The number of ether oxygens (including phenoxy) is 1. The average Bonchev–Trinajstić information content (AvgIpc) is 2.37. The Labute approximate surface area is 101 Å². The molecule has 0 aliphatic rings. The maximum Gasteiger partial charge on any atom is 0.119 e. The molecule has 0 amide bonds. The number of benzene rings is 2. The van der Waals surface area contributed by atoms with Crippen LogP contribution in [0.15, 0.2) is 36.4 Å². The molecule has 0 aromatic heterocycles. The second kappa shape index (κ2) is 4.35. The maximum absolute atomic E-state index is 10.1. The lowest BCUT2D eigenvalue weighted by Gasteiger charge is -2.22. The summed E-state index contributed by atoms with van der Waals surface area (Å²) in [5, 5.41) is 12.3. The Kier molecular flexibility index (Phi) is 3.05. The van der Waals surface area contributed by atoms with Crippen molar-refractivity contribution >= 4 is 10.8 Å². The van der Waals surface area contributed by atoms with Gasteiger partial charge >= 0.3 is 0 Å². The van der Waals surface area contributed by atoms with Gasteiger partial charge in [-0.15, -0.1) is 0 Å². The molecule has 0 heterocycles. The molecule has 0 bridgehead atoms. The number of methoxy groups -OCH3 is 1. The fourth-order valence-corrected chi connectivity index (χ4v) is 1.80. The number of hydrogen-bond donors (Lipinski definition) is 2. The Bertz CT molecular complexity index is 535. The second-order valence-electron chi connectivity index (χ2n) is 4.41. The van der Waals surface area contributed by atoms with Crippen LogP contribution in [-0.2, 0) is 5.60 Å². The standard InChI is InChI=1S/C14H17NO2/c1-14(16,9-15)12-5-3-11-8-13(17-2)6-4-10(11)7-12/h3-8,16H,9,15H2,1-2H3. The minimum Gasteiger partial charge on any atom is -0.497 e. The molecule has 3 nitrogen and oxygen atoms in total. The van der Waals surface area contributed by atoms with Gasteiger partial charge in [-0.05, 0) is 41.5 Å². The van der Waals surface area contributed by atoms with Crippen LogP contribution in [0.1, 0.15) is 12.5 Å². The number of nitrogens with two attached hydrogens (primary N) is 1. The molecular formula is C14H17NO2. The zero-order valence-corrected chi connectivity index (χ0v) is 10.1. The molecule has 0 saturated carbocycles. The SMILES string of the molecule is COc1ccc2cc(C(C)(O)CN)ccc2c1. The van der Waals surface area contributed by atoms with Gasteiger partial charge in [0.25, 0.3) is 0 Å². The van der Waals surface area contributed by atoms with Gasteiger partial charge in [0, 0.05) is 6.54 Å². The van der Waals surface area contributed by atoms with Gasteiger partial charge in [0.1, 0.15) is 5.75 Å². The van der Waals surface area contributed by atoms with Crippen molar-refractivity contribution in [2.24, 2.45) is 5.73 Å². The number of aliphatic hydroxyl groups is 1. The summed E-state index contributed by atoms with van der Waals surface area (Å²) in [5.41, 5.74) is 5.41. The van der Waals surface area contributed by atoms with Crippen molar-refractivity contribution < 1.29 is 9.84 Å². The van der Waals surface area contributed by atoms with Crippen molar-refractivity contribution in [3.05, 3.63) is 42.0 Å². The molecule has 2 rings (SSSR count). The average molecular weight is 231 g/mol. The zero-order valence-electron chi connectivity index (χ0n) is 10.1. The number of rotatable bonds is 3. The third-order valence-electron chi connectivity index (χ3n) is 3.07. The predicted molar refractivity (Wildman–Crippen MR) is 69.1 cm³/mol. The molecule has 2 aromatic carbocycles. The van der Waals surface area contributed by atoms with E-state index in [1.807, 2.05) is 36.4 Å². The van der Waals surface area contributed by atoms with Crippen LogP contribution < -0.4 is 10.5 Å². The summed E-state index contributed by atoms with van der Waals surface area (Å²) in [6.45, 7) is 1.92. The van der Waals surface area contributed by atoms with Crippen molar-refractivity contribution in [3.63, 3.8) is 0 Å². The Morgan fingerprint density at radius 1 is 1.18 bits per heavy atom. The lowest BCUT2D eigenvalue weighted by atomic mass is 9.94. The molecule has 90 valence electrons. The van der Waals surface area contributed by atoms with E-state index < -0.39 is 5.60 Å². The zero-order chi connectivity index (χ0) is 12.5. The van der Waals surface area contributed by atoms with Gasteiger partial charge in [-0.3, -0.25) is 0 Å². The van der Waals surface area contributed by atoms with Crippen LogP contribution in [-0.4, -0.2) is 18.8 Å². The fraction of sp³-hybridized carbons (Fsp3) is 0.286. The maximum atomic E-state index is 10.1. The summed E-state index contributed by atoms with van der Waals surface area (Å²) in [5.74, 6) is 0.829. The topological polar surface area (TPSA) is 55.5 Å². The third kappa shape index (κ3) is 2.25. The van der Waals surface area contributed by atoms with Crippen molar-refractivity contribution in [1.29, 1.82) is 0 Å². The van der Waals surface area contributed by atoms with E-state index in [0.29, 0.717) is 0 Å². The highest BCUT2D eigenvalue weighted by Crippen LogP contribution is 2.26. The van der Waals surface area contributed by atoms with Crippen LogP contribution in [0.25, 0.3) is 10.8 Å². The smallest absolute Gasteiger partial charge is 0.119 e. The van der Waals surface area contributed by atoms with Gasteiger partial charge < -0.3 is 15.6 Å². The molecule has 0 spiro atoms. The monoisotopic (exact) mass is 231 g/mol. The van der Waals surface area contributed by atoms with E-state index in [1.54, 1.807) is 14.0 Å². The van der Waals surface area contributed by atoms with Crippen molar-refractivity contribution in [3.8, 4) is 5.75 Å². The molecule has 2 aromatic rings. The highest BCUT2D eigenvalue weighted by atomic mass is 16.5. The summed E-state index contributed by atoms with van der Waals surface area (Å²) in [6, 6.07) is 11.7. The molecule has 0 saturated heterocycles. The van der Waals surface area contributed by atoms with Crippen LogP contribution in [0.2, 0.25) is 0 Å². The van der Waals surface area contributed by atoms with Gasteiger partial charge in [0.2, 0.25) is 0 Å². The number of fused-ring (bicyclic) bond motifs is 1. The van der Waals surface area contributed by atoms with E-state index in [0.717, 1.165) is 22.1 Å². The van der Waals surface area contributed by atoms with E-state index in [9.17, 15) is 5.11 Å². The van der Waals surface area contributed by atoms with Crippen LogP contribution in [0.5, 0.6) is 5.75 Å². The Morgan fingerprint density at radius 2 is 1.82 bits per heavy atom. The van der Waals surface area contributed by atoms with Crippen molar-refractivity contribution in [1.82, 2.24) is 0 Å². The Balaban J connectivity index is 2.52. The van der Waals surface area contributed by atoms with E-state index >= 15 is 0 Å². The van der Waals surface area contributed by atoms with Gasteiger partial charge in [-0.2, -0.15) is 0 Å². The van der Waals surface area contributed by atoms with E-state index in [4.69, 9.17) is 10.5 Å². The van der Waals surface area contributed by atoms with Gasteiger partial charge in [-0.1, -0.05) is 18.2 Å². The quantitative estimate of drug-likeness (QED) is 0.849. The molecule has 0 aliphatic heterocycles. The van der Waals surface area contributed by atoms with Crippen LogP contribution in [0.4, 0.5) is 0 Å². The highest BCUT2D eigenvalue weighted by Gasteiger charge is 2.20. The fourth-order valence-electron chi connectivity index (χ4n) is 1.80. The van der Waals surface area contributed by atoms with E-state index in [1.165, 1.54) is 0 Å². The first-order valence-electron chi connectivity index (χ1n) is 5.57. The molecule has 0 radical (unpaired) electrons. The van der Waals surface area contributed by atoms with Gasteiger partial charge in [-0.25, -0.2) is 0 Å². The molecule has 1 unspecified atom stereocenters. The Hall–Kier alpha value is -1.58. The molecular weight excluding hydrogens is 214 g/mol. The lowest BCUT2D eigenvalue weighted by molar-refractivity contribution is 0.0670. The predicted octanol–water partition coefficient (Wildman–Crippen LogP) is 2.01. The van der Waals surface area contributed by atoms with E-state index in [-0.39, 0.29) is 6.54 Å². The first kappa shape index (κ1) is 11.9. The summed E-state index contributed by atoms with van der Waals surface area (Å²) in [6.07, 6.45) is 0. The van der Waals surface area contributed by atoms with Gasteiger partial charge in [0.15, 0.2) is 0 Å². The molecule has 3 heteroatoms. The van der Waals surface area contributed by atoms with Crippen molar-refractivity contribution in [2.45, 2.75) is 12.5 Å². The number of hydrogen-bond acceptors (Lipinski definition) is 3. The lowest BCUT2D eigenvalue weighted by Crippen LogP contribution is -2.31. The molecule has 1 atom stereocenters. The van der Waals surface area contributed by atoms with Gasteiger partial charge in [0.05, 0.1) is 12.7 Å². The normalized spacial score (nSPS) is 14.6. The first-order chi connectivity index (χ1) is 8.06. The minimum atomic E-state index is -0.978. The summed E-state index contributed by atoms with van der Waals surface area (Å²) < 4.78 is 5.17. The third-order valence-corrected chi connectivity index (χ3v) is 3.07. The van der Waals surface area contributed by atoms with Crippen LogP contribution in [0.3, 0.4) is 0 Å². The molecule has 3 N–H and O–H groups in total. The minimum absolute atomic E-state index is 0.203. The highest BCUT2D eigenvalue weighted by molar-refractivity contribution is 5.84. The summed E-state index contributed by atoms with van der Waals surface area (Å²) in [4.78, 5) is 0. The Morgan fingerprint density at radius 3 is 2.47 bits per heavy atom. The van der Waals surface area contributed by atoms with E-state index in [2.05, 4.69) is 0 Å². The molecule has 17 heavy (non-hydrogen) atoms. The molecule has 0 fully saturated rings. The second-order valence-corrected chi connectivity index (χ2v) is 4.41. The van der Waals surface area contributed by atoms with Crippen LogP contribution in [0, 0.1) is 0 Å². The summed E-state index contributed by atoms with van der Waals surface area (Å²) >= 11 is 0. The molecule has 0 aliphatic carbocycles.